The molecule has 0 radical (unpaired) electrons. The molecule has 1 spiro atoms. The van der Waals surface area contributed by atoms with Gasteiger partial charge in [-0.05, 0) is 57.3 Å². The van der Waals surface area contributed by atoms with Gasteiger partial charge in [-0.15, -0.1) is 11.3 Å². The maximum Gasteiger partial charge on any atom is 0.227 e. The van der Waals surface area contributed by atoms with Gasteiger partial charge in [-0.3, -0.25) is 4.90 Å². The highest BCUT2D eigenvalue weighted by molar-refractivity contribution is 7.20. The first kappa shape index (κ1) is 14.7. The molecule has 0 N–H and O–H groups in total. The zero-order valence-electron chi connectivity index (χ0n) is 14.2. The van der Waals surface area contributed by atoms with Crippen molar-refractivity contribution in [2.24, 2.45) is 11.1 Å². The standard InChI is InChI=1S/C19H23N3OS/c1-13(2)22-18(17-11-14-5-3-4-6-16(14)24-17)20-23-19(22)12-21-9-7-15(19)8-10-21/h3-6,11,13,15H,7-10,12H2,1-2H3/t19-/m0/s1. The van der Waals surface area contributed by atoms with Gasteiger partial charge in [0.05, 0.1) is 11.4 Å². The number of hydrogen-bond donors (Lipinski definition) is 0. The summed E-state index contributed by atoms with van der Waals surface area (Å²) >= 11 is 1.82. The van der Waals surface area contributed by atoms with Crippen molar-refractivity contribution >= 4 is 27.3 Å². The molecule has 5 heterocycles. The molecule has 1 aromatic heterocycles. The van der Waals surface area contributed by atoms with Gasteiger partial charge in [0.1, 0.15) is 0 Å². The smallest absolute Gasteiger partial charge is 0.227 e. The summed E-state index contributed by atoms with van der Waals surface area (Å²) in [6.07, 6.45) is 2.44. The Bertz CT molecular complexity index is 773. The van der Waals surface area contributed by atoms with Crippen molar-refractivity contribution in [2.75, 3.05) is 19.6 Å². The second-order valence-corrected chi connectivity index (χ2v) is 8.60. The zero-order chi connectivity index (χ0) is 16.3. The molecule has 3 saturated heterocycles. The lowest BCUT2D eigenvalue weighted by atomic mass is 9.79. The zero-order valence-corrected chi connectivity index (χ0v) is 15.1. The molecule has 3 fully saturated rings. The summed E-state index contributed by atoms with van der Waals surface area (Å²) in [5.74, 6) is 1.61. The topological polar surface area (TPSA) is 28.1 Å². The first-order valence-electron chi connectivity index (χ1n) is 8.94. The van der Waals surface area contributed by atoms with E-state index in [2.05, 4.69) is 59.1 Å². The molecule has 0 amide bonds. The summed E-state index contributed by atoms with van der Waals surface area (Å²) in [5, 5.41) is 5.92. The molecule has 1 atom stereocenters. The molecule has 1 aromatic carbocycles. The number of benzene rings is 1. The van der Waals surface area contributed by atoms with E-state index in [-0.39, 0.29) is 5.72 Å². The maximum atomic E-state index is 6.23. The predicted molar refractivity (Wildman–Crippen MR) is 98.3 cm³/mol. The molecule has 24 heavy (non-hydrogen) atoms. The van der Waals surface area contributed by atoms with Gasteiger partial charge in [0.15, 0.2) is 5.84 Å². The molecule has 5 heteroatoms. The van der Waals surface area contributed by atoms with E-state index >= 15 is 0 Å². The van der Waals surface area contributed by atoms with Gasteiger partial charge in [-0.2, -0.15) is 0 Å². The average Bonchev–Trinajstić information content (AvgIpc) is 3.17. The van der Waals surface area contributed by atoms with Gasteiger partial charge in [-0.25, -0.2) is 0 Å². The lowest BCUT2D eigenvalue weighted by molar-refractivity contribution is -0.202. The highest BCUT2D eigenvalue weighted by Gasteiger charge is 2.58. The normalized spacial score (nSPS) is 32.0. The number of fused-ring (bicyclic) bond motifs is 3. The van der Waals surface area contributed by atoms with Gasteiger partial charge >= 0.3 is 0 Å². The summed E-state index contributed by atoms with van der Waals surface area (Å²) in [4.78, 5) is 12.5. The van der Waals surface area contributed by atoms with Crippen LogP contribution in [0.1, 0.15) is 31.6 Å². The van der Waals surface area contributed by atoms with Crippen LogP contribution in [-0.4, -0.2) is 47.0 Å². The summed E-state index contributed by atoms with van der Waals surface area (Å²) in [7, 11) is 0. The molecule has 6 rings (SSSR count). The Balaban J connectivity index is 1.57. The molecular formula is C19H23N3OS. The van der Waals surface area contributed by atoms with Gasteiger partial charge < -0.3 is 9.74 Å². The Kier molecular flexibility index (Phi) is 3.19. The Morgan fingerprint density at radius 1 is 1.25 bits per heavy atom. The van der Waals surface area contributed by atoms with Crippen LogP contribution in [0, 0.1) is 5.92 Å². The second kappa shape index (κ2) is 5.20. The van der Waals surface area contributed by atoms with Crippen LogP contribution < -0.4 is 0 Å². The van der Waals surface area contributed by atoms with E-state index < -0.39 is 0 Å². The predicted octanol–water partition coefficient (Wildman–Crippen LogP) is 3.73. The monoisotopic (exact) mass is 341 g/mol. The lowest BCUT2D eigenvalue weighted by Gasteiger charge is -2.54. The Labute approximate surface area is 146 Å². The van der Waals surface area contributed by atoms with Gasteiger partial charge in [0, 0.05) is 16.7 Å². The third-order valence-electron chi connectivity index (χ3n) is 5.76. The van der Waals surface area contributed by atoms with Gasteiger partial charge in [0.2, 0.25) is 5.72 Å². The molecule has 4 nitrogen and oxygen atoms in total. The lowest BCUT2D eigenvalue weighted by Crippen LogP contribution is -2.68. The fraction of sp³-hybridized carbons (Fsp3) is 0.526. The fourth-order valence-electron chi connectivity index (χ4n) is 4.69. The minimum atomic E-state index is -0.254. The van der Waals surface area contributed by atoms with Crippen molar-refractivity contribution in [3.05, 3.63) is 35.2 Å². The number of rotatable bonds is 2. The van der Waals surface area contributed by atoms with Crippen molar-refractivity contribution in [1.29, 1.82) is 0 Å². The third-order valence-corrected chi connectivity index (χ3v) is 6.88. The highest BCUT2D eigenvalue weighted by atomic mass is 32.1. The Morgan fingerprint density at radius 2 is 2.04 bits per heavy atom. The Hall–Kier alpha value is -1.59. The van der Waals surface area contributed by atoms with E-state index in [1.165, 1.54) is 40.9 Å². The van der Waals surface area contributed by atoms with Crippen LogP contribution in [0.3, 0.4) is 0 Å². The number of hydrogen-bond acceptors (Lipinski definition) is 5. The van der Waals surface area contributed by atoms with E-state index in [0.29, 0.717) is 12.0 Å². The van der Waals surface area contributed by atoms with Crippen LogP contribution in [0.15, 0.2) is 35.5 Å². The number of oxime groups is 1. The van der Waals surface area contributed by atoms with Crippen molar-refractivity contribution in [3.8, 4) is 0 Å². The highest BCUT2D eigenvalue weighted by Crippen LogP contribution is 2.46. The number of piperidine rings is 3. The summed E-state index contributed by atoms with van der Waals surface area (Å²) in [5.41, 5.74) is -0.254. The Morgan fingerprint density at radius 3 is 2.71 bits per heavy atom. The molecule has 126 valence electrons. The quantitative estimate of drug-likeness (QED) is 0.833. The largest absolute Gasteiger partial charge is 0.363 e. The third kappa shape index (κ3) is 1.97. The van der Waals surface area contributed by atoms with E-state index in [1.54, 1.807) is 0 Å². The van der Waals surface area contributed by atoms with Crippen molar-refractivity contribution in [3.63, 3.8) is 0 Å². The van der Waals surface area contributed by atoms with E-state index in [0.717, 1.165) is 12.4 Å². The SMILES string of the molecule is CC(C)N1C(c2cc3ccccc3s2)=NO[C@]12CN1CCC2CC1. The summed E-state index contributed by atoms with van der Waals surface area (Å²) < 4.78 is 1.31. The average molecular weight is 341 g/mol. The molecule has 4 aliphatic rings. The van der Waals surface area contributed by atoms with Crippen LogP contribution in [0.25, 0.3) is 10.1 Å². The minimum absolute atomic E-state index is 0.254. The van der Waals surface area contributed by atoms with E-state index in [9.17, 15) is 0 Å². The molecule has 4 aliphatic heterocycles. The van der Waals surface area contributed by atoms with Crippen LogP contribution in [-0.2, 0) is 4.84 Å². The molecule has 0 unspecified atom stereocenters. The number of thiophene rings is 1. The van der Waals surface area contributed by atoms with Gasteiger partial charge in [0.25, 0.3) is 0 Å². The first-order valence-corrected chi connectivity index (χ1v) is 9.76. The second-order valence-electron chi connectivity index (χ2n) is 7.51. The molecule has 2 bridgehead atoms. The maximum absolute atomic E-state index is 6.23. The van der Waals surface area contributed by atoms with E-state index in [1.807, 2.05) is 11.3 Å². The minimum Gasteiger partial charge on any atom is -0.363 e. The van der Waals surface area contributed by atoms with Crippen LogP contribution >= 0.6 is 11.3 Å². The van der Waals surface area contributed by atoms with Crippen molar-refractivity contribution < 1.29 is 4.84 Å². The van der Waals surface area contributed by atoms with Gasteiger partial charge in [-0.1, -0.05) is 23.4 Å². The van der Waals surface area contributed by atoms with Crippen LogP contribution in [0.5, 0.6) is 0 Å². The summed E-state index contributed by atoms with van der Waals surface area (Å²) in [6, 6.07) is 11.2. The van der Waals surface area contributed by atoms with Crippen molar-refractivity contribution in [1.82, 2.24) is 9.80 Å². The van der Waals surface area contributed by atoms with E-state index in [4.69, 9.17) is 4.84 Å². The van der Waals surface area contributed by atoms with Crippen LogP contribution in [0.2, 0.25) is 0 Å². The van der Waals surface area contributed by atoms with Crippen LogP contribution in [0.4, 0.5) is 0 Å². The fourth-order valence-corrected chi connectivity index (χ4v) is 5.74. The molecule has 2 aromatic rings. The molecular weight excluding hydrogens is 318 g/mol. The molecule has 0 saturated carbocycles. The number of nitrogens with zero attached hydrogens (tertiary/aromatic N) is 3. The first-order chi connectivity index (χ1) is 11.7. The number of amidine groups is 1. The van der Waals surface area contributed by atoms with Crippen molar-refractivity contribution in [2.45, 2.75) is 38.5 Å². The summed E-state index contributed by atoms with van der Waals surface area (Å²) in [6.45, 7) is 7.92. The molecule has 0 aliphatic carbocycles.